The summed E-state index contributed by atoms with van der Waals surface area (Å²) in [5.41, 5.74) is 5.17. The van der Waals surface area contributed by atoms with Gasteiger partial charge in [-0.3, -0.25) is 4.79 Å². The highest BCUT2D eigenvalue weighted by Crippen LogP contribution is 2.40. The molecule has 1 heterocycles. The number of carboxylic acids is 1. The van der Waals surface area contributed by atoms with Crippen LogP contribution in [0.1, 0.15) is 21.9 Å². The molecule has 0 amide bonds. The van der Waals surface area contributed by atoms with Crippen LogP contribution < -0.4 is 4.74 Å². The van der Waals surface area contributed by atoms with Gasteiger partial charge in [0.05, 0.1) is 18.4 Å². The molecule has 0 aliphatic rings. The Morgan fingerprint density at radius 3 is 2.24 bits per heavy atom. The molecule has 1 N–H and O–H groups in total. The third-order valence-corrected chi connectivity index (χ3v) is 6.63. The summed E-state index contributed by atoms with van der Waals surface area (Å²) in [6.07, 6.45) is 0. The highest BCUT2D eigenvalue weighted by Gasteiger charge is 2.25. The van der Waals surface area contributed by atoms with Crippen molar-refractivity contribution in [3.8, 4) is 34.2 Å². The maximum absolute atomic E-state index is 12.2. The predicted octanol–water partition coefficient (Wildman–Crippen LogP) is 6.52. The summed E-state index contributed by atoms with van der Waals surface area (Å²) in [4.78, 5) is 16.9. The molecule has 0 aliphatic carbocycles. The van der Waals surface area contributed by atoms with Crippen LogP contribution in [0.2, 0.25) is 0 Å². The molecule has 0 aliphatic heterocycles. The zero-order valence-electron chi connectivity index (χ0n) is 18.7. The number of nitrogens with zero attached hydrogens (tertiary/aromatic N) is 2. The Kier molecular flexibility index (Phi) is 6.95. The highest BCUT2D eigenvalue weighted by molar-refractivity contribution is 8.00. The molecule has 0 spiro atoms. The first-order valence-corrected chi connectivity index (χ1v) is 11.5. The Hall–Kier alpha value is -4.08. The topological polar surface area (TPSA) is 83.2 Å². The SMILES string of the molecule is COc1ccc(-c2cc(-c3ccc(C)cc3)c(C#N)c(SC(C(=O)O)c3ccccc3)n2)cc1. The highest BCUT2D eigenvalue weighted by atomic mass is 32.2. The fourth-order valence-corrected chi connectivity index (χ4v) is 4.63. The molecule has 1 unspecified atom stereocenters. The normalized spacial score (nSPS) is 11.4. The van der Waals surface area contributed by atoms with E-state index in [-0.39, 0.29) is 0 Å². The number of aryl methyl sites for hydroxylation is 1. The number of methoxy groups -OCH3 is 1. The standard InChI is InChI=1S/C28H22N2O3S/c1-18-8-10-19(11-9-18)23-16-25(20-12-14-22(33-2)15-13-20)30-27(24(23)17-29)34-26(28(31)32)21-6-4-3-5-7-21/h3-16,26H,1-2H3,(H,31,32). The molecule has 1 atom stereocenters. The fourth-order valence-electron chi connectivity index (χ4n) is 3.59. The number of carbonyl (C=O) groups is 1. The second-order valence-electron chi connectivity index (χ2n) is 7.69. The van der Waals surface area contributed by atoms with E-state index in [0.29, 0.717) is 27.4 Å². The lowest BCUT2D eigenvalue weighted by molar-refractivity contribution is -0.136. The van der Waals surface area contributed by atoms with Gasteiger partial charge in [-0.05, 0) is 48.4 Å². The van der Waals surface area contributed by atoms with E-state index >= 15 is 0 Å². The average Bonchev–Trinajstić information content (AvgIpc) is 2.87. The van der Waals surface area contributed by atoms with E-state index in [9.17, 15) is 15.2 Å². The maximum atomic E-state index is 12.2. The van der Waals surface area contributed by atoms with Gasteiger partial charge in [-0.2, -0.15) is 5.26 Å². The second kappa shape index (κ2) is 10.2. The molecule has 5 nitrogen and oxygen atoms in total. The molecule has 6 heteroatoms. The molecule has 0 saturated carbocycles. The van der Waals surface area contributed by atoms with Crippen molar-refractivity contribution in [1.29, 1.82) is 5.26 Å². The molecule has 168 valence electrons. The van der Waals surface area contributed by atoms with E-state index in [4.69, 9.17) is 9.72 Å². The quantitative estimate of drug-likeness (QED) is 0.312. The summed E-state index contributed by atoms with van der Waals surface area (Å²) in [5, 5.41) is 19.5. The Morgan fingerprint density at radius 2 is 1.65 bits per heavy atom. The Bertz CT molecular complexity index is 1350. The number of carboxylic acid groups (broad SMARTS) is 1. The van der Waals surface area contributed by atoms with Crippen LogP contribution in [0.15, 0.2) is 90.0 Å². The van der Waals surface area contributed by atoms with E-state index in [1.165, 1.54) is 0 Å². The maximum Gasteiger partial charge on any atom is 0.321 e. The fraction of sp³-hybridized carbons (Fsp3) is 0.107. The van der Waals surface area contributed by atoms with Crippen LogP contribution in [0.4, 0.5) is 0 Å². The van der Waals surface area contributed by atoms with Crippen LogP contribution in [0.3, 0.4) is 0 Å². The minimum Gasteiger partial charge on any atom is -0.497 e. The number of nitriles is 1. The minimum atomic E-state index is -0.992. The van der Waals surface area contributed by atoms with Gasteiger partial charge in [0.2, 0.25) is 0 Å². The lowest BCUT2D eigenvalue weighted by Crippen LogP contribution is -2.09. The summed E-state index contributed by atoms with van der Waals surface area (Å²) in [6.45, 7) is 2.00. The number of thioether (sulfide) groups is 1. The molecule has 34 heavy (non-hydrogen) atoms. The molecule has 4 rings (SSSR count). The third-order valence-electron chi connectivity index (χ3n) is 5.40. The van der Waals surface area contributed by atoms with Gasteiger partial charge in [0.25, 0.3) is 0 Å². The number of pyridine rings is 1. The van der Waals surface area contributed by atoms with Crippen LogP contribution in [-0.2, 0) is 4.79 Å². The van der Waals surface area contributed by atoms with Gasteiger partial charge < -0.3 is 9.84 Å². The van der Waals surface area contributed by atoms with Crippen molar-refractivity contribution in [1.82, 2.24) is 4.98 Å². The molecular formula is C28H22N2O3S. The van der Waals surface area contributed by atoms with Gasteiger partial charge in [-0.1, -0.05) is 71.9 Å². The lowest BCUT2D eigenvalue weighted by atomic mass is 9.98. The molecule has 0 bridgehead atoms. The van der Waals surface area contributed by atoms with E-state index in [1.54, 1.807) is 31.4 Å². The number of ether oxygens (including phenoxy) is 1. The van der Waals surface area contributed by atoms with E-state index < -0.39 is 11.2 Å². The number of rotatable bonds is 7. The van der Waals surface area contributed by atoms with Crippen LogP contribution >= 0.6 is 11.8 Å². The van der Waals surface area contributed by atoms with Gasteiger partial charge in [-0.15, -0.1) is 0 Å². The summed E-state index contributed by atoms with van der Waals surface area (Å²) in [5.74, 6) is -0.269. The summed E-state index contributed by atoms with van der Waals surface area (Å²) < 4.78 is 5.26. The van der Waals surface area contributed by atoms with Gasteiger partial charge in [0, 0.05) is 11.1 Å². The first-order valence-electron chi connectivity index (χ1n) is 10.6. The number of hydrogen-bond acceptors (Lipinski definition) is 5. The number of hydrogen-bond donors (Lipinski definition) is 1. The average molecular weight is 467 g/mol. The zero-order chi connectivity index (χ0) is 24.1. The van der Waals surface area contributed by atoms with Gasteiger partial charge >= 0.3 is 5.97 Å². The Morgan fingerprint density at radius 1 is 1.00 bits per heavy atom. The number of aromatic nitrogens is 1. The van der Waals surface area contributed by atoms with Crippen LogP contribution in [0.5, 0.6) is 5.75 Å². The summed E-state index contributed by atoms with van der Waals surface area (Å²) in [7, 11) is 1.61. The molecule has 0 radical (unpaired) electrons. The molecule has 4 aromatic rings. The Labute approximate surface area is 202 Å². The van der Waals surface area contributed by atoms with Crippen LogP contribution in [0.25, 0.3) is 22.4 Å². The van der Waals surface area contributed by atoms with E-state index in [2.05, 4.69) is 6.07 Å². The van der Waals surface area contributed by atoms with Gasteiger partial charge in [0.15, 0.2) is 0 Å². The monoisotopic (exact) mass is 466 g/mol. The first-order chi connectivity index (χ1) is 16.5. The van der Waals surface area contributed by atoms with Crippen molar-refractivity contribution < 1.29 is 14.6 Å². The zero-order valence-corrected chi connectivity index (χ0v) is 19.5. The first kappa shape index (κ1) is 23.1. The van der Waals surface area contributed by atoms with Crippen molar-refractivity contribution in [2.45, 2.75) is 17.2 Å². The van der Waals surface area contributed by atoms with Crippen molar-refractivity contribution in [2.75, 3.05) is 7.11 Å². The van der Waals surface area contributed by atoms with Gasteiger partial charge in [-0.25, -0.2) is 4.98 Å². The molecular weight excluding hydrogens is 444 g/mol. The summed E-state index contributed by atoms with van der Waals surface area (Å²) in [6, 6.07) is 28.5. The van der Waals surface area contributed by atoms with Gasteiger partial charge in [0.1, 0.15) is 22.1 Å². The predicted molar refractivity (Wildman–Crippen MR) is 134 cm³/mol. The van der Waals surface area contributed by atoms with Crippen molar-refractivity contribution in [3.05, 3.63) is 102 Å². The van der Waals surface area contributed by atoms with E-state index in [0.717, 1.165) is 34.2 Å². The Balaban J connectivity index is 1.89. The molecule has 1 aromatic heterocycles. The third kappa shape index (κ3) is 4.95. The molecule has 0 fully saturated rings. The molecule has 3 aromatic carbocycles. The van der Waals surface area contributed by atoms with Crippen LogP contribution in [-0.4, -0.2) is 23.2 Å². The van der Waals surface area contributed by atoms with Crippen molar-refractivity contribution in [2.24, 2.45) is 0 Å². The van der Waals surface area contributed by atoms with E-state index in [1.807, 2.05) is 67.6 Å². The van der Waals surface area contributed by atoms with Crippen molar-refractivity contribution >= 4 is 17.7 Å². The largest absolute Gasteiger partial charge is 0.497 e. The lowest BCUT2D eigenvalue weighted by Gasteiger charge is -2.16. The number of aliphatic carboxylic acids is 1. The smallest absolute Gasteiger partial charge is 0.321 e. The summed E-state index contributed by atoms with van der Waals surface area (Å²) >= 11 is 1.07. The molecule has 0 saturated heterocycles. The minimum absolute atomic E-state index is 0.355. The second-order valence-corrected chi connectivity index (χ2v) is 8.78. The van der Waals surface area contributed by atoms with Crippen molar-refractivity contribution in [3.63, 3.8) is 0 Å². The van der Waals surface area contributed by atoms with Crippen LogP contribution in [0, 0.1) is 18.3 Å². The number of benzene rings is 3.